The molecule has 0 aliphatic carbocycles. The fourth-order valence-corrected chi connectivity index (χ4v) is 3.53. The van der Waals surface area contributed by atoms with Gasteiger partial charge in [0.2, 0.25) is 0 Å². The van der Waals surface area contributed by atoms with E-state index in [4.69, 9.17) is 10.5 Å². The molecule has 0 unspecified atom stereocenters. The maximum absolute atomic E-state index is 11.9. The van der Waals surface area contributed by atoms with Crippen molar-refractivity contribution in [2.75, 3.05) is 5.73 Å². The molecule has 164 valence electrons. The Labute approximate surface area is 177 Å². The zero-order valence-corrected chi connectivity index (χ0v) is 18.4. The average Bonchev–Trinajstić information content (AvgIpc) is 2.71. The van der Waals surface area contributed by atoms with Gasteiger partial charge in [0.05, 0.1) is 5.56 Å². The number of benzene rings is 1. The van der Waals surface area contributed by atoms with Crippen LogP contribution in [0.1, 0.15) is 120 Å². The first kappa shape index (κ1) is 25.2. The Hall–Kier alpha value is -1.84. The number of hydrogen-bond acceptors (Lipinski definition) is 4. The van der Waals surface area contributed by atoms with E-state index < -0.39 is 11.9 Å². The Balaban J connectivity index is 1.89. The van der Waals surface area contributed by atoms with Crippen LogP contribution in [0.15, 0.2) is 24.3 Å². The lowest BCUT2D eigenvalue weighted by molar-refractivity contribution is -0.138. The highest BCUT2D eigenvalue weighted by atomic mass is 16.6. The summed E-state index contributed by atoms with van der Waals surface area (Å²) in [4.78, 5) is 23.7. The Morgan fingerprint density at radius 1 is 0.724 bits per heavy atom. The first-order chi connectivity index (χ1) is 14.1. The molecule has 1 aromatic rings. The van der Waals surface area contributed by atoms with Crippen molar-refractivity contribution in [1.82, 2.24) is 0 Å². The van der Waals surface area contributed by atoms with Crippen molar-refractivity contribution in [3.63, 3.8) is 0 Å². The highest BCUT2D eigenvalue weighted by Crippen LogP contribution is 2.15. The fraction of sp³-hybridized carbons (Fsp3) is 0.680. The molecule has 0 spiro atoms. The molecule has 0 bridgehead atoms. The molecule has 0 atom stereocenters. The number of carbonyl (C=O) groups excluding carboxylic acids is 2. The first-order valence-corrected chi connectivity index (χ1v) is 11.7. The van der Waals surface area contributed by atoms with E-state index in [1.807, 2.05) is 0 Å². The van der Waals surface area contributed by atoms with Crippen LogP contribution < -0.4 is 5.73 Å². The van der Waals surface area contributed by atoms with Crippen molar-refractivity contribution in [2.45, 2.75) is 110 Å². The maximum Gasteiger partial charge on any atom is 0.347 e. The predicted molar refractivity (Wildman–Crippen MR) is 121 cm³/mol. The molecule has 0 saturated heterocycles. The largest absolute Gasteiger partial charge is 0.398 e. The summed E-state index contributed by atoms with van der Waals surface area (Å²) in [6.45, 7) is 2.26. The quantitative estimate of drug-likeness (QED) is 0.129. The minimum absolute atomic E-state index is 0.248. The number of carbonyl (C=O) groups is 2. The number of rotatable bonds is 17. The van der Waals surface area contributed by atoms with Gasteiger partial charge in [-0.3, -0.25) is 4.79 Å². The fourth-order valence-electron chi connectivity index (χ4n) is 3.53. The summed E-state index contributed by atoms with van der Waals surface area (Å²) < 4.78 is 4.88. The van der Waals surface area contributed by atoms with Crippen molar-refractivity contribution in [3.05, 3.63) is 29.8 Å². The molecule has 29 heavy (non-hydrogen) atoms. The van der Waals surface area contributed by atoms with E-state index in [9.17, 15) is 9.59 Å². The minimum atomic E-state index is -0.658. The van der Waals surface area contributed by atoms with Crippen molar-refractivity contribution >= 4 is 17.6 Å². The van der Waals surface area contributed by atoms with E-state index >= 15 is 0 Å². The van der Waals surface area contributed by atoms with Gasteiger partial charge in [0.1, 0.15) is 0 Å². The lowest BCUT2D eigenvalue weighted by Gasteiger charge is -2.05. The summed E-state index contributed by atoms with van der Waals surface area (Å²) in [5, 5.41) is 0. The van der Waals surface area contributed by atoms with Gasteiger partial charge in [-0.25, -0.2) is 4.79 Å². The third-order valence-corrected chi connectivity index (χ3v) is 5.37. The smallest absolute Gasteiger partial charge is 0.347 e. The Morgan fingerprint density at radius 3 is 1.66 bits per heavy atom. The molecule has 4 nitrogen and oxygen atoms in total. The second kappa shape index (κ2) is 17.1. The Bertz CT molecular complexity index is 571. The molecular formula is C25H41NO3. The van der Waals surface area contributed by atoms with Crippen LogP contribution in [0.5, 0.6) is 0 Å². The second-order valence-electron chi connectivity index (χ2n) is 8.05. The zero-order chi connectivity index (χ0) is 21.2. The Kier molecular flexibility index (Phi) is 14.8. The molecule has 0 saturated carbocycles. The number of ether oxygens (including phenoxy) is 1. The number of hydrogen-bond donors (Lipinski definition) is 1. The van der Waals surface area contributed by atoms with Crippen LogP contribution in [0.4, 0.5) is 5.69 Å². The topological polar surface area (TPSA) is 69.4 Å². The second-order valence-corrected chi connectivity index (χ2v) is 8.05. The van der Waals surface area contributed by atoms with Crippen molar-refractivity contribution in [2.24, 2.45) is 0 Å². The van der Waals surface area contributed by atoms with Crippen LogP contribution in [0.25, 0.3) is 0 Å². The number of nitrogens with two attached hydrogens (primary N) is 1. The van der Waals surface area contributed by atoms with Crippen LogP contribution in [0, 0.1) is 0 Å². The van der Waals surface area contributed by atoms with E-state index in [1.54, 1.807) is 24.3 Å². The molecule has 1 aromatic carbocycles. The van der Waals surface area contributed by atoms with E-state index in [2.05, 4.69) is 6.92 Å². The number of anilines is 1. The summed E-state index contributed by atoms with van der Waals surface area (Å²) >= 11 is 0. The highest BCUT2D eigenvalue weighted by Gasteiger charge is 2.14. The summed E-state index contributed by atoms with van der Waals surface area (Å²) in [7, 11) is 0. The van der Waals surface area contributed by atoms with Gasteiger partial charge >= 0.3 is 11.9 Å². The number of unbranched alkanes of at least 4 members (excludes halogenated alkanes) is 14. The molecular weight excluding hydrogens is 362 g/mol. The van der Waals surface area contributed by atoms with Crippen molar-refractivity contribution in [3.8, 4) is 0 Å². The van der Waals surface area contributed by atoms with Crippen molar-refractivity contribution < 1.29 is 14.3 Å². The molecule has 2 N–H and O–H groups in total. The molecule has 4 heteroatoms. The summed E-state index contributed by atoms with van der Waals surface area (Å²) in [6.07, 6.45) is 19.5. The van der Waals surface area contributed by atoms with Gasteiger partial charge in [0.25, 0.3) is 0 Å². The number of esters is 2. The molecule has 0 aliphatic rings. The van der Waals surface area contributed by atoms with E-state index in [0.717, 1.165) is 19.3 Å². The van der Waals surface area contributed by atoms with Gasteiger partial charge in [-0.15, -0.1) is 0 Å². The molecule has 0 radical (unpaired) electrons. The van der Waals surface area contributed by atoms with E-state index in [0.29, 0.717) is 5.69 Å². The minimum Gasteiger partial charge on any atom is -0.398 e. The van der Waals surface area contributed by atoms with Gasteiger partial charge < -0.3 is 10.5 Å². The molecule has 0 amide bonds. The SMILES string of the molecule is CCCCCCCCCCCCCCCCCC(=O)OC(=O)c1ccccc1N. The predicted octanol–water partition coefficient (Wildman–Crippen LogP) is 7.21. The van der Waals surface area contributed by atoms with Gasteiger partial charge in [-0.2, -0.15) is 0 Å². The summed E-state index contributed by atoms with van der Waals surface area (Å²) in [5.41, 5.74) is 6.30. The maximum atomic E-state index is 11.9. The zero-order valence-electron chi connectivity index (χ0n) is 18.4. The third-order valence-electron chi connectivity index (χ3n) is 5.37. The standard InChI is InChI=1S/C25H41NO3/c1-2-3-4-5-6-7-8-9-10-11-12-13-14-15-16-21-24(27)29-25(28)22-19-17-18-20-23(22)26/h17-20H,2-16,21,26H2,1H3. The summed E-state index contributed by atoms with van der Waals surface area (Å²) in [5.74, 6) is -1.12. The van der Waals surface area contributed by atoms with E-state index in [1.165, 1.54) is 77.0 Å². The van der Waals surface area contributed by atoms with Gasteiger partial charge in [-0.05, 0) is 18.6 Å². The third kappa shape index (κ3) is 13.1. The highest BCUT2D eigenvalue weighted by molar-refractivity contribution is 6.00. The Morgan fingerprint density at radius 2 is 1.17 bits per heavy atom. The van der Waals surface area contributed by atoms with Crippen LogP contribution in [-0.2, 0) is 9.53 Å². The monoisotopic (exact) mass is 403 g/mol. The number of nitrogen functional groups attached to an aromatic ring is 1. The normalized spacial score (nSPS) is 10.8. The van der Waals surface area contributed by atoms with Gasteiger partial charge in [-0.1, -0.05) is 109 Å². The number of para-hydroxylation sites is 1. The van der Waals surface area contributed by atoms with Crippen LogP contribution in [0.3, 0.4) is 0 Å². The van der Waals surface area contributed by atoms with Crippen LogP contribution in [-0.4, -0.2) is 11.9 Å². The lowest BCUT2D eigenvalue weighted by atomic mass is 10.0. The first-order valence-electron chi connectivity index (χ1n) is 11.7. The summed E-state index contributed by atoms with van der Waals surface area (Å²) in [6, 6.07) is 6.63. The average molecular weight is 404 g/mol. The molecule has 0 heterocycles. The van der Waals surface area contributed by atoms with Gasteiger partial charge in [0.15, 0.2) is 0 Å². The van der Waals surface area contributed by atoms with Gasteiger partial charge in [0, 0.05) is 12.1 Å². The molecule has 0 fully saturated rings. The van der Waals surface area contributed by atoms with Crippen molar-refractivity contribution in [1.29, 1.82) is 0 Å². The molecule has 1 rings (SSSR count). The van der Waals surface area contributed by atoms with Crippen LogP contribution in [0.2, 0.25) is 0 Å². The van der Waals surface area contributed by atoms with E-state index in [-0.39, 0.29) is 12.0 Å². The molecule has 0 aliphatic heterocycles. The molecule has 0 aromatic heterocycles. The van der Waals surface area contributed by atoms with Crippen LogP contribution >= 0.6 is 0 Å². The lowest BCUT2D eigenvalue weighted by Crippen LogP contribution is -2.13.